The van der Waals surface area contributed by atoms with Gasteiger partial charge in [0.25, 0.3) is 5.91 Å². The summed E-state index contributed by atoms with van der Waals surface area (Å²) in [5.41, 5.74) is 2.36. The highest BCUT2D eigenvalue weighted by molar-refractivity contribution is 5.94. The molecule has 2 fully saturated rings. The number of hydrogen-bond acceptors (Lipinski definition) is 3. The fourth-order valence-corrected chi connectivity index (χ4v) is 4.37. The number of piperidine rings is 1. The molecule has 2 aliphatic rings. The molecule has 0 bridgehead atoms. The van der Waals surface area contributed by atoms with Gasteiger partial charge < -0.3 is 9.88 Å². The smallest absolute Gasteiger partial charge is 0.253 e. The first-order valence-corrected chi connectivity index (χ1v) is 9.17. The van der Waals surface area contributed by atoms with E-state index in [1.807, 2.05) is 48.0 Å². The zero-order valence-corrected chi connectivity index (χ0v) is 15.1. The molecule has 6 heteroatoms. The van der Waals surface area contributed by atoms with Crippen LogP contribution in [0.1, 0.15) is 41.6 Å². The zero-order valence-electron chi connectivity index (χ0n) is 15.1. The first-order chi connectivity index (χ1) is 12.0. The van der Waals surface area contributed by atoms with Crippen molar-refractivity contribution in [1.82, 2.24) is 24.6 Å². The molecule has 0 radical (unpaired) electrons. The van der Waals surface area contributed by atoms with Gasteiger partial charge in [-0.15, -0.1) is 0 Å². The van der Waals surface area contributed by atoms with Gasteiger partial charge in [-0.25, -0.2) is 0 Å². The normalized spacial score (nSPS) is 22.7. The Hall–Kier alpha value is -2.08. The van der Waals surface area contributed by atoms with Crippen molar-refractivity contribution in [2.24, 2.45) is 19.5 Å². The van der Waals surface area contributed by atoms with E-state index < -0.39 is 0 Å². The van der Waals surface area contributed by atoms with Gasteiger partial charge in [0.2, 0.25) is 0 Å². The Balaban J connectivity index is 1.32. The summed E-state index contributed by atoms with van der Waals surface area (Å²) in [5, 5.41) is 7.54. The number of rotatable bonds is 4. The number of likely N-dealkylation sites (tertiary alicyclic amines) is 1. The van der Waals surface area contributed by atoms with Crippen molar-refractivity contribution in [2.45, 2.75) is 38.3 Å². The lowest BCUT2D eigenvalue weighted by Crippen LogP contribution is -2.59. The first kappa shape index (κ1) is 16.4. The molecule has 1 spiro atoms. The minimum Gasteiger partial charge on any atom is -0.356 e. The summed E-state index contributed by atoms with van der Waals surface area (Å²) in [6.45, 7) is 3.18. The van der Waals surface area contributed by atoms with Crippen LogP contribution in [0.15, 0.2) is 30.9 Å². The fraction of sp³-hybridized carbons (Fsp3) is 0.579. The van der Waals surface area contributed by atoms with Crippen LogP contribution in [0.3, 0.4) is 0 Å². The van der Waals surface area contributed by atoms with Gasteiger partial charge in [-0.1, -0.05) is 0 Å². The van der Waals surface area contributed by atoms with Crippen molar-refractivity contribution in [3.63, 3.8) is 0 Å². The summed E-state index contributed by atoms with van der Waals surface area (Å²) in [4.78, 5) is 15.0. The van der Waals surface area contributed by atoms with Crippen LogP contribution in [-0.4, -0.2) is 44.3 Å². The number of hydrogen-bond donors (Lipinski definition) is 1. The largest absolute Gasteiger partial charge is 0.356 e. The second-order valence-electron chi connectivity index (χ2n) is 7.79. The minimum absolute atomic E-state index is 0.0717. The van der Waals surface area contributed by atoms with Crippen molar-refractivity contribution in [1.29, 1.82) is 0 Å². The molecule has 1 saturated heterocycles. The minimum atomic E-state index is 0.0717. The highest BCUT2D eigenvalue weighted by atomic mass is 16.1. The van der Waals surface area contributed by atoms with E-state index in [1.54, 1.807) is 0 Å². The Morgan fingerprint density at radius 1 is 1.28 bits per heavy atom. The van der Waals surface area contributed by atoms with Crippen LogP contribution in [0.5, 0.6) is 0 Å². The van der Waals surface area contributed by atoms with Gasteiger partial charge in [0.15, 0.2) is 0 Å². The topological polar surface area (TPSA) is 55.1 Å². The predicted molar refractivity (Wildman–Crippen MR) is 96.1 cm³/mol. The number of nitrogens with one attached hydrogen (secondary N) is 1. The Labute approximate surface area is 148 Å². The van der Waals surface area contributed by atoms with Crippen molar-refractivity contribution in [2.75, 3.05) is 13.1 Å². The molecule has 0 unspecified atom stereocenters. The van der Waals surface area contributed by atoms with Gasteiger partial charge >= 0.3 is 0 Å². The summed E-state index contributed by atoms with van der Waals surface area (Å²) in [6, 6.07) is 2.22. The zero-order chi connectivity index (χ0) is 17.4. The Bertz CT molecular complexity index is 753. The lowest BCUT2D eigenvalue weighted by atomic mass is 9.59. The van der Waals surface area contributed by atoms with Crippen molar-refractivity contribution < 1.29 is 4.79 Å². The molecule has 4 rings (SSSR count). The molecule has 2 aromatic heterocycles. The molecular formula is C19H27N5O. The molecule has 1 saturated carbocycles. The lowest BCUT2D eigenvalue weighted by molar-refractivity contribution is -0.00710. The summed E-state index contributed by atoms with van der Waals surface area (Å²) >= 11 is 0. The maximum absolute atomic E-state index is 12.5. The number of nitrogens with zero attached hydrogens (tertiary/aromatic N) is 4. The van der Waals surface area contributed by atoms with Gasteiger partial charge in [-0.3, -0.25) is 14.4 Å². The van der Waals surface area contributed by atoms with Gasteiger partial charge in [0.1, 0.15) is 0 Å². The Morgan fingerprint density at radius 2 is 2.08 bits per heavy atom. The monoisotopic (exact) mass is 341 g/mol. The highest BCUT2D eigenvalue weighted by Gasteiger charge is 2.48. The number of aryl methyl sites for hydroxylation is 2. The van der Waals surface area contributed by atoms with E-state index in [1.165, 1.54) is 24.8 Å². The third-order valence-corrected chi connectivity index (χ3v) is 6.09. The number of aromatic nitrogens is 3. The van der Waals surface area contributed by atoms with Crippen molar-refractivity contribution in [3.8, 4) is 0 Å². The molecule has 3 heterocycles. The van der Waals surface area contributed by atoms with E-state index in [4.69, 9.17) is 0 Å². The average Bonchev–Trinajstić information content (AvgIpc) is 3.20. The maximum atomic E-state index is 12.5. The van der Waals surface area contributed by atoms with Crippen LogP contribution in [0, 0.1) is 5.41 Å². The van der Waals surface area contributed by atoms with E-state index >= 15 is 0 Å². The van der Waals surface area contributed by atoms with E-state index in [-0.39, 0.29) is 5.91 Å². The third-order valence-electron chi connectivity index (χ3n) is 6.09. The first-order valence-electron chi connectivity index (χ1n) is 9.17. The highest BCUT2D eigenvalue weighted by Crippen LogP contribution is 2.49. The summed E-state index contributed by atoms with van der Waals surface area (Å²) in [7, 11) is 3.91. The van der Waals surface area contributed by atoms with E-state index in [0.717, 1.165) is 31.6 Å². The summed E-state index contributed by atoms with van der Waals surface area (Å²) < 4.78 is 3.78. The molecule has 25 heavy (non-hydrogen) atoms. The molecule has 1 N–H and O–H groups in total. The molecule has 1 amide bonds. The summed E-state index contributed by atoms with van der Waals surface area (Å²) in [5.74, 6) is 0.0717. The van der Waals surface area contributed by atoms with Crippen molar-refractivity contribution >= 4 is 5.91 Å². The Morgan fingerprint density at radius 3 is 2.64 bits per heavy atom. The number of amides is 1. The molecular weight excluding hydrogens is 314 g/mol. The van der Waals surface area contributed by atoms with Gasteiger partial charge in [-0.2, -0.15) is 5.10 Å². The molecule has 1 aliphatic heterocycles. The lowest BCUT2D eigenvalue weighted by Gasteiger charge is -2.54. The second-order valence-corrected chi connectivity index (χ2v) is 7.79. The maximum Gasteiger partial charge on any atom is 0.253 e. The van der Waals surface area contributed by atoms with Gasteiger partial charge in [-0.05, 0) is 50.3 Å². The molecule has 1 atom stereocenters. The van der Waals surface area contributed by atoms with Crippen LogP contribution < -0.4 is 5.32 Å². The standard InChI is InChI=1S/C19H27N5O/c1-22-8-4-16(14-22)18(25)21-17-3-5-19(17)6-9-24(10-7-19)13-15-11-20-23(2)12-15/h4,8,11-12,14,17H,3,5-7,9-10,13H2,1-2H3,(H,21,25)/t17-/m1/s1. The van der Waals surface area contributed by atoms with E-state index in [2.05, 4.69) is 21.5 Å². The van der Waals surface area contributed by atoms with Gasteiger partial charge in [0.05, 0.1) is 11.8 Å². The molecule has 134 valence electrons. The van der Waals surface area contributed by atoms with Crippen LogP contribution in [0.2, 0.25) is 0 Å². The number of carbonyl (C=O) groups is 1. The van der Waals surface area contributed by atoms with E-state index in [9.17, 15) is 4.79 Å². The number of carbonyl (C=O) groups excluding carboxylic acids is 1. The second kappa shape index (κ2) is 6.33. The molecule has 1 aliphatic carbocycles. The van der Waals surface area contributed by atoms with Crippen molar-refractivity contribution in [3.05, 3.63) is 42.0 Å². The predicted octanol–water partition coefficient (Wildman–Crippen LogP) is 1.93. The SMILES string of the molecule is Cn1ccc(C(=O)N[C@@H]2CCC23CCN(Cc2cnn(C)c2)CC3)c1. The van der Waals surface area contributed by atoms with Crippen LogP contribution in [-0.2, 0) is 20.6 Å². The molecule has 2 aromatic rings. The van der Waals surface area contributed by atoms with Crippen LogP contribution >= 0.6 is 0 Å². The fourth-order valence-electron chi connectivity index (χ4n) is 4.37. The average molecular weight is 341 g/mol. The quantitative estimate of drug-likeness (QED) is 0.925. The molecule has 6 nitrogen and oxygen atoms in total. The van der Waals surface area contributed by atoms with E-state index in [0.29, 0.717) is 11.5 Å². The third kappa shape index (κ3) is 3.23. The van der Waals surface area contributed by atoms with Gasteiger partial charge in [0, 0.05) is 50.8 Å². The molecule has 0 aromatic carbocycles. The Kier molecular flexibility index (Phi) is 4.15. The summed E-state index contributed by atoms with van der Waals surface area (Å²) in [6.07, 6.45) is 12.6. The van der Waals surface area contributed by atoms with Crippen LogP contribution in [0.4, 0.5) is 0 Å². The van der Waals surface area contributed by atoms with Crippen LogP contribution in [0.25, 0.3) is 0 Å².